The van der Waals surface area contributed by atoms with Gasteiger partial charge in [0.15, 0.2) is 0 Å². The van der Waals surface area contributed by atoms with Gasteiger partial charge in [-0.05, 0) is 36.8 Å². The molecule has 1 aromatic carbocycles. The summed E-state index contributed by atoms with van der Waals surface area (Å²) in [6.45, 7) is 6.73. The molecular weight excluding hydrogens is 342 g/mol. The van der Waals surface area contributed by atoms with Crippen LogP contribution in [-0.2, 0) is 11.3 Å². The van der Waals surface area contributed by atoms with Crippen molar-refractivity contribution >= 4 is 11.6 Å². The largest absolute Gasteiger partial charge is 0.495 e. The first kappa shape index (κ1) is 17.9. The van der Waals surface area contributed by atoms with Crippen molar-refractivity contribution in [2.75, 3.05) is 44.9 Å². The molecule has 0 spiro atoms. The lowest BCUT2D eigenvalue weighted by Crippen LogP contribution is -2.42. The Labute approximate surface area is 160 Å². The molecule has 0 unspecified atom stereocenters. The zero-order valence-corrected chi connectivity index (χ0v) is 16.1. The van der Waals surface area contributed by atoms with Gasteiger partial charge in [-0.2, -0.15) is 0 Å². The lowest BCUT2D eigenvalue weighted by atomic mass is 10.0. The van der Waals surface area contributed by atoms with Crippen molar-refractivity contribution in [2.45, 2.75) is 25.9 Å². The summed E-state index contributed by atoms with van der Waals surface area (Å²) in [7, 11) is 1.67. The monoisotopic (exact) mass is 369 g/mol. The summed E-state index contributed by atoms with van der Waals surface area (Å²) in [6.07, 6.45) is 3.01. The lowest BCUT2D eigenvalue weighted by Gasteiger charge is -2.37. The van der Waals surface area contributed by atoms with Gasteiger partial charge in [0.25, 0.3) is 5.91 Å². The topological polar surface area (TPSA) is 46.9 Å². The molecule has 0 bridgehead atoms. The van der Waals surface area contributed by atoms with Crippen molar-refractivity contribution in [1.29, 1.82) is 0 Å². The SMILES string of the molecule is CC[C@H]1c2cccn2CCN1C(=O)c1ccc(OC)c(N2CCOCC2)c1. The summed E-state index contributed by atoms with van der Waals surface area (Å²) < 4.78 is 13.3. The van der Waals surface area contributed by atoms with E-state index in [1.165, 1.54) is 5.69 Å². The number of carbonyl (C=O) groups excluding carboxylic acids is 1. The molecule has 1 fully saturated rings. The molecule has 0 radical (unpaired) electrons. The second-order valence-electron chi connectivity index (χ2n) is 7.04. The zero-order chi connectivity index (χ0) is 18.8. The van der Waals surface area contributed by atoms with E-state index in [1.807, 2.05) is 23.1 Å². The van der Waals surface area contributed by atoms with Crippen molar-refractivity contribution < 1.29 is 14.3 Å². The van der Waals surface area contributed by atoms with Crippen LogP contribution >= 0.6 is 0 Å². The highest BCUT2D eigenvalue weighted by Gasteiger charge is 2.30. The fourth-order valence-corrected chi connectivity index (χ4v) is 4.18. The van der Waals surface area contributed by atoms with E-state index in [0.717, 1.165) is 49.6 Å². The van der Waals surface area contributed by atoms with E-state index in [0.29, 0.717) is 13.2 Å². The molecule has 1 atom stereocenters. The number of nitrogens with zero attached hydrogens (tertiary/aromatic N) is 3. The van der Waals surface area contributed by atoms with Crippen LogP contribution in [-0.4, -0.2) is 55.3 Å². The quantitative estimate of drug-likeness (QED) is 0.831. The molecule has 2 aromatic rings. The van der Waals surface area contributed by atoms with Gasteiger partial charge in [-0.3, -0.25) is 4.79 Å². The van der Waals surface area contributed by atoms with Gasteiger partial charge in [0.2, 0.25) is 0 Å². The summed E-state index contributed by atoms with van der Waals surface area (Å²) in [5, 5.41) is 0. The summed E-state index contributed by atoms with van der Waals surface area (Å²) in [5.41, 5.74) is 2.91. The standard InChI is InChI=1S/C21H27N3O3/c1-3-17-18-5-4-8-22(18)9-10-24(17)21(25)16-6-7-20(26-2)19(15-16)23-11-13-27-14-12-23/h4-8,15,17H,3,9-14H2,1-2H3/t17-/m0/s1. The Kier molecular flexibility index (Phi) is 5.07. The van der Waals surface area contributed by atoms with Crippen molar-refractivity contribution in [3.05, 3.63) is 47.8 Å². The maximum atomic E-state index is 13.4. The molecule has 4 rings (SSSR count). The molecule has 6 heteroatoms. The number of hydrogen-bond acceptors (Lipinski definition) is 4. The van der Waals surface area contributed by atoms with Crippen molar-refractivity contribution in [3.63, 3.8) is 0 Å². The number of methoxy groups -OCH3 is 1. The molecule has 0 aliphatic carbocycles. The van der Waals surface area contributed by atoms with Crippen LogP contribution in [0.1, 0.15) is 35.4 Å². The number of fused-ring (bicyclic) bond motifs is 1. The highest BCUT2D eigenvalue weighted by Crippen LogP contribution is 2.33. The highest BCUT2D eigenvalue weighted by atomic mass is 16.5. The van der Waals surface area contributed by atoms with E-state index in [9.17, 15) is 4.79 Å². The second kappa shape index (κ2) is 7.64. The minimum absolute atomic E-state index is 0.0893. The molecule has 3 heterocycles. The molecule has 1 aromatic heterocycles. The first-order chi connectivity index (χ1) is 13.2. The second-order valence-corrected chi connectivity index (χ2v) is 7.04. The van der Waals surface area contributed by atoms with Crippen LogP contribution in [0.3, 0.4) is 0 Å². The van der Waals surface area contributed by atoms with Gasteiger partial charge in [-0.25, -0.2) is 0 Å². The number of hydrogen-bond donors (Lipinski definition) is 0. The summed E-state index contributed by atoms with van der Waals surface area (Å²) in [4.78, 5) is 17.6. The van der Waals surface area contributed by atoms with E-state index in [1.54, 1.807) is 7.11 Å². The zero-order valence-electron chi connectivity index (χ0n) is 16.1. The number of morpholine rings is 1. The maximum absolute atomic E-state index is 13.4. The van der Waals surface area contributed by atoms with Gasteiger partial charge in [0.05, 0.1) is 32.1 Å². The third-order valence-electron chi connectivity index (χ3n) is 5.59. The summed E-state index contributed by atoms with van der Waals surface area (Å²) in [5.74, 6) is 0.888. The Bertz CT molecular complexity index is 811. The molecule has 6 nitrogen and oxygen atoms in total. The number of carbonyl (C=O) groups is 1. The van der Waals surface area contributed by atoms with Crippen LogP contribution in [0, 0.1) is 0 Å². The van der Waals surface area contributed by atoms with E-state index >= 15 is 0 Å². The van der Waals surface area contributed by atoms with Crippen molar-refractivity contribution in [2.24, 2.45) is 0 Å². The number of amides is 1. The Morgan fingerprint density at radius 2 is 2.00 bits per heavy atom. The van der Waals surface area contributed by atoms with Gasteiger partial charge in [0, 0.05) is 43.6 Å². The molecule has 2 aliphatic heterocycles. The fourth-order valence-electron chi connectivity index (χ4n) is 4.18. The van der Waals surface area contributed by atoms with Crippen LogP contribution < -0.4 is 9.64 Å². The lowest BCUT2D eigenvalue weighted by molar-refractivity contribution is 0.0618. The Morgan fingerprint density at radius 1 is 1.19 bits per heavy atom. The Morgan fingerprint density at radius 3 is 2.74 bits per heavy atom. The van der Waals surface area contributed by atoms with Gasteiger partial charge < -0.3 is 23.8 Å². The minimum atomic E-state index is 0.0893. The molecule has 1 saturated heterocycles. The average molecular weight is 369 g/mol. The number of benzene rings is 1. The van der Waals surface area contributed by atoms with Crippen LogP contribution in [0.25, 0.3) is 0 Å². The average Bonchev–Trinajstić information content (AvgIpc) is 3.21. The minimum Gasteiger partial charge on any atom is -0.495 e. The molecule has 2 aliphatic rings. The van der Waals surface area contributed by atoms with Crippen LogP contribution in [0.4, 0.5) is 5.69 Å². The Hall–Kier alpha value is -2.47. The van der Waals surface area contributed by atoms with Crippen LogP contribution in [0.15, 0.2) is 36.5 Å². The Balaban J connectivity index is 1.63. The molecule has 144 valence electrons. The van der Waals surface area contributed by atoms with Gasteiger partial charge in [-0.15, -0.1) is 0 Å². The molecule has 0 N–H and O–H groups in total. The molecule has 1 amide bonds. The van der Waals surface area contributed by atoms with Crippen LogP contribution in [0.5, 0.6) is 5.75 Å². The number of rotatable bonds is 4. The molecule has 27 heavy (non-hydrogen) atoms. The summed E-state index contributed by atoms with van der Waals surface area (Å²) in [6, 6.07) is 10.1. The first-order valence-corrected chi connectivity index (χ1v) is 9.69. The molecular formula is C21H27N3O3. The van der Waals surface area contributed by atoms with Gasteiger partial charge in [-0.1, -0.05) is 6.92 Å². The maximum Gasteiger partial charge on any atom is 0.254 e. The third-order valence-corrected chi connectivity index (χ3v) is 5.59. The van der Waals surface area contributed by atoms with E-state index in [2.05, 4.69) is 34.7 Å². The van der Waals surface area contributed by atoms with Crippen molar-refractivity contribution in [3.8, 4) is 5.75 Å². The van der Waals surface area contributed by atoms with E-state index < -0.39 is 0 Å². The number of aromatic nitrogens is 1. The normalized spacial score (nSPS) is 19.7. The van der Waals surface area contributed by atoms with E-state index in [4.69, 9.17) is 9.47 Å². The van der Waals surface area contributed by atoms with E-state index in [-0.39, 0.29) is 11.9 Å². The van der Waals surface area contributed by atoms with Gasteiger partial charge >= 0.3 is 0 Å². The number of ether oxygens (including phenoxy) is 2. The highest BCUT2D eigenvalue weighted by molar-refractivity contribution is 5.96. The first-order valence-electron chi connectivity index (χ1n) is 9.69. The number of anilines is 1. The molecule has 0 saturated carbocycles. The smallest absolute Gasteiger partial charge is 0.254 e. The van der Waals surface area contributed by atoms with Crippen molar-refractivity contribution in [1.82, 2.24) is 9.47 Å². The fraction of sp³-hybridized carbons (Fsp3) is 0.476. The predicted molar refractivity (Wildman–Crippen MR) is 105 cm³/mol. The predicted octanol–water partition coefficient (Wildman–Crippen LogP) is 2.94. The van der Waals surface area contributed by atoms with Gasteiger partial charge in [0.1, 0.15) is 5.75 Å². The summed E-state index contributed by atoms with van der Waals surface area (Å²) >= 11 is 0. The third kappa shape index (κ3) is 3.30. The van der Waals surface area contributed by atoms with Crippen LogP contribution in [0.2, 0.25) is 0 Å².